The van der Waals surface area contributed by atoms with Gasteiger partial charge in [-0.05, 0) is 48.9 Å². The highest BCUT2D eigenvalue weighted by molar-refractivity contribution is 5.93. The molecule has 3 rings (SSSR count). The fourth-order valence-corrected chi connectivity index (χ4v) is 3.42. The van der Waals surface area contributed by atoms with Gasteiger partial charge in [0.25, 0.3) is 5.91 Å². The van der Waals surface area contributed by atoms with Crippen LogP contribution in [0.4, 0.5) is 5.69 Å². The molecule has 2 N–H and O–H groups in total. The minimum atomic E-state index is -0.193. The Hall–Kier alpha value is -3.04. The Bertz CT molecular complexity index is 871. The Balaban J connectivity index is 1.70. The van der Waals surface area contributed by atoms with Gasteiger partial charge in [-0.25, -0.2) is 0 Å². The van der Waals surface area contributed by atoms with Crippen LogP contribution in [-0.2, 0) is 17.8 Å². The van der Waals surface area contributed by atoms with Gasteiger partial charge >= 0.3 is 0 Å². The lowest BCUT2D eigenvalue weighted by molar-refractivity contribution is -0.929. The first kappa shape index (κ1) is 18.7. The van der Waals surface area contributed by atoms with Crippen LogP contribution in [0, 0.1) is 11.3 Å². The number of quaternary nitrogens is 1. The van der Waals surface area contributed by atoms with Crippen molar-refractivity contribution < 1.29 is 19.2 Å². The number of nitriles is 1. The summed E-state index contributed by atoms with van der Waals surface area (Å²) in [5.41, 5.74) is 3.71. The fourth-order valence-electron chi connectivity index (χ4n) is 3.42. The molecular weight excluding hydrogens is 342 g/mol. The van der Waals surface area contributed by atoms with E-state index in [1.54, 1.807) is 38.5 Å². The van der Waals surface area contributed by atoms with Crippen molar-refractivity contribution in [2.24, 2.45) is 0 Å². The van der Waals surface area contributed by atoms with Gasteiger partial charge in [0.05, 0.1) is 32.4 Å². The number of amides is 1. The third-order valence-electron chi connectivity index (χ3n) is 5.13. The van der Waals surface area contributed by atoms with E-state index in [1.807, 2.05) is 19.1 Å². The van der Waals surface area contributed by atoms with Crippen LogP contribution in [0.25, 0.3) is 0 Å². The zero-order valence-corrected chi connectivity index (χ0v) is 15.8. The number of rotatable bonds is 5. The molecule has 0 spiro atoms. The Kier molecular flexibility index (Phi) is 5.63. The topological polar surface area (TPSA) is 75.8 Å². The second kappa shape index (κ2) is 8.11. The van der Waals surface area contributed by atoms with Crippen molar-refractivity contribution in [3.05, 3.63) is 53.1 Å². The van der Waals surface area contributed by atoms with Crippen LogP contribution in [0.1, 0.15) is 23.6 Å². The highest BCUT2D eigenvalue weighted by atomic mass is 16.5. The van der Waals surface area contributed by atoms with E-state index >= 15 is 0 Å². The zero-order chi connectivity index (χ0) is 19.4. The number of carbonyl (C=O) groups is 1. The van der Waals surface area contributed by atoms with Gasteiger partial charge in [-0.15, -0.1) is 0 Å². The maximum absolute atomic E-state index is 12.7. The van der Waals surface area contributed by atoms with Gasteiger partial charge in [0.2, 0.25) is 0 Å². The summed E-state index contributed by atoms with van der Waals surface area (Å²) < 4.78 is 10.8. The lowest BCUT2D eigenvalue weighted by Crippen LogP contribution is -3.16. The number of nitrogens with one attached hydrogen (secondary N) is 2. The first-order chi connectivity index (χ1) is 13.0. The molecule has 140 valence electrons. The average molecular weight is 366 g/mol. The second-order valence-electron chi connectivity index (χ2n) is 6.71. The van der Waals surface area contributed by atoms with E-state index in [0.717, 1.165) is 25.3 Å². The van der Waals surface area contributed by atoms with Gasteiger partial charge in [-0.3, -0.25) is 4.79 Å². The van der Waals surface area contributed by atoms with Crippen LogP contribution in [0.5, 0.6) is 11.5 Å². The Morgan fingerprint density at radius 2 is 1.78 bits per heavy atom. The molecule has 0 saturated carbocycles. The van der Waals surface area contributed by atoms with E-state index in [9.17, 15) is 4.79 Å². The van der Waals surface area contributed by atoms with Crippen LogP contribution in [0.15, 0.2) is 36.4 Å². The molecular formula is C21H24N3O3+. The maximum atomic E-state index is 12.7. The number of nitrogens with zero attached hydrogens (tertiary/aromatic N) is 1. The molecule has 1 amide bonds. The summed E-state index contributed by atoms with van der Waals surface area (Å²) in [5.74, 6) is 1.43. The standard InChI is InChI=1S/C21H23N3O3/c1-14(21(25)23-18-6-4-15(12-22)5-7-18)24-9-8-16-10-19(26-2)20(27-3)11-17(16)13-24/h4-7,10-11,14H,8-9,13H2,1-3H3,(H,23,25)/p+1/t14-/m0/s1. The molecule has 0 radical (unpaired) electrons. The summed E-state index contributed by atoms with van der Waals surface area (Å²) in [4.78, 5) is 13.9. The third-order valence-corrected chi connectivity index (χ3v) is 5.13. The molecule has 2 aromatic carbocycles. The van der Waals surface area contributed by atoms with E-state index in [2.05, 4.69) is 11.4 Å². The number of anilines is 1. The van der Waals surface area contributed by atoms with Crippen molar-refractivity contribution in [3.8, 4) is 17.6 Å². The predicted molar refractivity (Wildman–Crippen MR) is 102 cm³/mol. The number of benzene rings is 2. The SMILES string of the molecule is COc1cc2c(cc1OC)C[NH+]([C@@H](C)C(=O)Nc1ccc(C#N)cc1)CC2. The van der Waals surface area contributed by atoms with Gasteiger partial charge in [-0.2, -0.15) is 5.26 Å². The first-order valence-corrected chi connectivity index (χ1v) is 8.95. The van der Waals surface area contributed by atoms with E-state index < -0.39 is 0 Å². The van der Waals surface area contributed by atoms with Gasteiger partial charge in [-0.1, -0.05) is 0 Å². The Labute approximate surface area is 159 Å². The van der Waals surface area contributed by atoms with Crippen molar-refractivity contribution in [1.82, 2.24) is 0 Å². The zero-order valence-electron chi connectivity index (χ0n) is 15.8. The average Bonchev–Trinajstić information content (AvgIpc) is 2.72. The molecule has 0 aliphatic carbocycles. The van der Waals surface area contributed by atoms with Gasteiger partial charge in [0.1, 0.15) is 6.54 Å². The molecule has 0 fully saturated rings. The van der Waals surface area contributed by atoms with Gasteiger partial charge < -0.3 is 19.7 Å². The molecule has 6 nitrogen and oxygen atoms in total. The molecule has 0 aromatic heterocycles. The number of carbonyl (C=O) groups excluding carboxylic acids is 1. The predicted octanol–water partition coefficient (Wildman–Crippen LogP) is 1.54. The van der Waals surface area contributed by atoms with Crippen molar-refractivity contribution >= 4 is 11.6 Å². The highest BCUT2D eigenvalue weighted by Gasteiger charge is 2.30. The first-order valence-electron chi connectivity index (χ1n) is 8.95. The van der Waals surface area contributed by atoms with Crippen LogP contribution >= 0.6 is 0 Å². The summed E-state index contributed by atoms with van der Waals surface area (Å²) in [6.07, 6.45) is 0.888. The summed E-state index contributed by atoms with van der Waals surface area (Å²) in [7, 11) is 3.27. The molecule has 2 atom stereocenters. The molecule has 0 bridgehead atoms. The molecule has 0 saturated heterocycles. The van der Waals surface area contributed by atoms with Crippen molar-refractivity contribution in [1.29, 1.82) is 5.26 Å². The van der Waals surface area contributed by atoms with Crippen molar-refractivity contribution in [2.45, 2.75) is 25.9 Å². The molecule has 1 aliphatic rings. The molecule has 1 heterocycles. The van der Waals surface area contributed by atoms with Crippen LogP contribution in [-0.4, -0.2) is 32.7 Å². The summed E-state index contributed by atoms with van der Waals surface area (Å²) in [6, 6.07) is 12.8. The van der Waals surface area contributed by atoms with E-state index in [-0.39, 0.29) is 11.9 Å². The second-order valence-corrected chi connectivity index (χ2v) is 6.71. The quantitative estimate of drug-likeness (QED) is 0.842. The maximum Gasteiger partial charge on any atom is 0.282 e. The number of methoxy groups -OCH3 is 2. The Morgan fingerprint density at radius 1 is 1.15 bits per heavy atom. The number of hydrogen-bond acceptors (Lipinski definition) is 4. The lowest BCUT2D eigenvalue weighted by atomic mass is 9.97. The lowest BCUT2D eigenvalue weighted by Gasteiger charge is -2.30. The monoisotopic (exact) mass is 366 g/mol. The highest BCUT2D eigenvalue weighted by Crippen LogP contribution is 2.31. The van der Waals surface area contributed by atoms with Crippen LogP contribution < -0.4 is 19.7 Å². The minimum Gasteiger partial charge on any atom is -0.493 e. The summed E-state index contributed by atoms with van der Waals surface area (Å²) in [5, 5.41) is 11.8. The van der Waals surface area contributed by atoms with Crippen molar-refractivity contribution in [2.75, 3.05) is 26.1 Å². The Morgan fingerprint density at radius 3 is 2.37 bits per heavy atom. The number of fused-ring (bicyclic) bond motifs is 1. The third kappa shape index (κ3) is 4.04. The number of ether oxygens (including phenoxy) is 2. The summed E-state index contributed by atoms with van der Waals surface area (Å²) in [6.45, 7) is 3.59. The van der Waals surface area contributed by atoms with Crippen LogP contribution in [0.2, 0.25) is 0 Å². The molecule has 2 aromatic rings. The minimum absolute atomic E-state index is 0.0290. The van der Waals surface area contributed by atoms with E-state index in [0.29, 0.717) is 17.0 Å². The molecule has 27 heavy (non-hydrogen) atoms. The van der Waals surface area contributed by atoms with E-state index in [4.69, 9.17) is 14.7 Å². The van der Waals surface area contributed by atoms with Gasteiger partial charge in [0.15, 0.2) is 17.5 Å². The van der Waals surface area contributed by atoms with Crippen molar-refractivity contribution in [3.63, 3.8) is 0 Å². The normalized spacial score (nSPS) is 16.6. The smallest absolute Gasteiger partial charge is 0.282 e. The largest absolute Gasteiger partial charge is 0.493 e. The van der Waals surface area contributed by atoms with Crippen LogP contribution in [0.3, 0.4) is 0 Å². The number of hydrogen-bond donors (Lipinski definition) is 2. The van der Waals surface area contributed by atoms with E-state index in [1.165, 1.54) is 16.0 Å². The molecule has 6 heteroatoms. The molecule has 1 unspecified atom stereocenters. The fraction of sp³-hybridized carbons (Fsp3) is 0.333. The summed E-state index contributed by atoms with van der Waals surface area (Å²) >= 11 is 0. The molecule has 1 aliphatic heterocycles. The van der Waals surface area contributed by atoms with Gasteiger partial charge in [0, 0.05) is 17.7 Å².